The van der Waals surface area contributed by atoms with Gasteiger partial charge in [0.1, 0.15) is 5.01 Å². The predicted octanol–water partition coefficient (Wildman–Crippen LogP) is 4.27. The second kappa shape index (κ2) is 8.92. The molecule has 0 bridgehead atoms. The lowest BCUT2D eigenvalue weighted by atomic mass is 10.1. The molecule has 0 fully saturated rings. The molecule has 134 valence electrons. The minimum absolute atomic E-state index is 0.131. The van der Waals surface area contributed by atoms with E-state index < -0.39 is 0 Å². The molecule has 2 rings (SSSR count). The Hall–Kier alpha value is -2.99. The summed E-state index contributed by atoms with van der Waals surface area (Å²) in [5.41, 5.74) is 5.28. The van der Waals surface area contributed by atoms with Crippen molar-refractivity contribution in [1.29, 1.82) is 0 Å². The maximum Gasteiger partial charge on any atom is 0.211 e. The number of amides is 1. The number of nitrogens with zero attached hydrogens (tertiary/aromatic N) is 1. The van der Waals surface area contributed by atoms with Gasteiger partial charge < -0.3 is 10.3 Å². The van der Waals surface area contributed by atoms with Crippen molar-refractivity contribution in [3.05, 3.63) is 64.4 Å². The Morgan fingerprint density at radius 1 is 1.38 bits per heavy atom. The molecule has 26 heavy (non-hydrogen) atoms. The van der Waals surface area contributed by atoms with Crippen molar-refractivity contribution in [3.8, 4) is 11.3 Å². The Kier molecular flexibility index (Phi) is 6.63. The molecule has 2 aromatic heterocycles. The second-order valence-corrected chi connectivity index (χ2v) is 6.50. The van der Waals surface area contributed by atoms with Gasteiger partial charge in [-0.05, 0) is 32.4 Å². The Morgan fingerprint density at radius 2 is 2.15 bits per heavy atom. The average Bonchev–Trinajstić information content (AvgIpc) is 3.23. The molecule has 0 aliphatic heterocycles. The number of Topliss-reactive ketones (excluding diaryl/α,β-unsaturated/α-hetero) is 1. The maximum atomic E-state index is 11.7. The molecule has 0 saturated heterocycles. The van der Waals surface area contributed by atoms with Crippen LogP contribution in [0.2, 0.25) is 0 Å². The van der Waals surface area contributed by atoms with E-state index in [9.17, 15) is 9.59 Å². The van der Waals surface area contributed by atoms with Crippen LogP contribution >= 0.6 is 11.3 Å². The molecule has 0 aromatic carbocycles. The number of aromatic nitrogens is 2. The van der Waals surface area contributed by atoms with Crippen LogP contribution < -0.4 is 5.32 Å². The zero-order chi connectivity index (χ0) is 19.1. The molecular weight excluding hydrogens is 346 g/mol. The van der Waals surface area contributed by atoms with E-state index >= 15 is 0 Å². The molecule has 2 aromatic rings. The van der Waals surface area contributed by atoms with E-state index in [0.717, 1.165) is 33.1 Å². The first-order chi connectivity index (χ1) is 12.5. The Bertz CT molecular complexity index is 913. The van der Waals surface area contributed by atoms with Crippen LogP contribution in [-0.2, 0) is 9.59 Å². The van der Waals surface area contributed by atoms with Gasteiger partial charge >= 0.3 is 0 Å². The molecule has 0 spiro atoms. The van der Waals surface area contributed by atoms with Gasteiger partial charge in [0, 0.05) is 40.2 Å². The number of carbonyl (C=O) groups is 2. The number of H-pyrrole nitrogens is 1. The molecule has 0 atom stereocenters. The number of aromatic amines is 1. The third kappa shape index (κ3) is 4.55. The summed E-state index contributed by atoms with van der Waals surface area (Å²) in [7, 11) is 0. The SMILES string of the molecule is C=C/C=C\c1c(-c2csc(/C(C)=C/C(=C\NC=O)C(C)=O)n2)c[nH]c1C. The first kappa shape index (κ1) is 19.3. The van der Waals surface area contributed by atoms with Crippen LogP contribution in [0.1, 0.15) is 30.1 Å². The number of hydrogen-bond donors (Lipinski definition) is 2. The van der Waals surface area contributed by atoms with Gasteiger partial charge in [0.2, 0.25) is 6.41 Å². The number of allylic oxidation sites excluding steroid dienone is 5. The normalized spacial score (nSPS) is 12.4. The highest BCUT2D eigenvalue weighted by atomic mass is 32.1. The van der Waals surface area contributed by atoms with Crippen LogP contribution in [0.15, 0.2) is 48.2 Å². The van der Waals surface area contributed by atoms with Crippen LogP contribution in [0.5, 0.6) is 0 Å². The van der Waals surface area contributed by atoms with Crippen molar-refractivity contribution in [1.82, 2.24) is 15.3 Å². The van der Waals surface area contributed by atoms with E-state index in [4.69, 9.17) is 4.98 Å². The minimum atomic E-state index is -0.131. The number of carbonyl (C=O) groups excluding carboxylic acids is 2. The van der Waals surface area contributed by atoms with Gasteiger partial charge in [-0.1, -0.05) is 24.8 Å². The molecular formula is C20H21N3O2S. The zero-order valence-electron chi connectivity index (χ0n) is 15.0. The third-order valence-corrected chi connectivity index (χ3v) is 4.71. The van der Waals surface area contributed by atoms with Crippen molar-refractivity contribution < 1.29 is 9.59 Å². The van der Waals surface area contributed by atoms with Crippen molar-refractivity contribution in [2.45, 2.75) is 20.8 Å². The summed E-state index contributed by atoms with van der Waals surface area (Å²) in [4.78, 5) is 30.0. The van der Waals surface area contributed by atoms with Crippen molar-refractivity contribution in [3.63, 3.8) is 0 Å². The summed E-state index contributed by atoms with van der Waals surface area (Å²) in [5, 5.41) is 5.21. The Labute approximate surface area is 156 Å². The van der Waals surface area contributed by atoms with Crippen LogP contribution in [0.25, 0.3) is 22.9 Å². The molecule has 2 N–H and O–H groups in total. The van der Waals surface area contributed by atoms with Crippen LogP contribution in [0.3, 0.4) is 0 Å². The Morgan fingerprint density at radius 3 is 2.81 bits per heavy atom. The fourth-order valence-corrected chi connectivity index (χ4v) is 3.17. The molecule has 6 heteroatoms. The van der Waals surface area contributed by atoms with E-state index in [1.165, 1.54) is 24.5 Å². The number of aryl methyl sites for hydroxylation is 1. The summed E-state index contributed by atoms with van der Waals surface area (Å²) in [5.74, 6) is -0.131. The highest BCUT2D eigenvalue weighted by Crippen LogP contribution is 2.31. The van der Waals surface area contributed by atoms with Crippen LogP contribution in [0.4, 0.5) is 0 Å². The van der Waals surface area contributed by atoms with E-state index in [1.807, 2.05) is 37.6 Å². The molecule has 1 amide bonds. The highest BCUT2D eigenvalue weighted by Gasteiger charge is 2.12. The van der Waals surface area contributed by atoms with E-state index in [1.54, 1.807) is 12.2 Å². The summed E-state index contributed by atoms with van der Waals surface area (Å²) in [6, 6.07) is 0. The van der Waals surface area contributed by atoms with Crippen molar-refractivity contribution >= 4 is 35.2 Å². The predicted molar refractivity (Wildman–Crippen MR) is 107 cm³/mol. The van der Waals surface area contributed by atoms with Gasteiger partial charge in [-0.25, -0.2) is 4.98 Å². The number of thiazole rings is 1. The Balaban J connectivity index is 2.37. The topological polar surface area (TPSA) is 74.8 Å². The number of rotatable bonds is 8. The van der Waals surface area contributed by atoms with Crippen molar-refractivity contribution in [2.75, 3.05) is 0 Å². The van der Waals surface area contributed by atoms with Gasteiger partial charge in [-0.15, -0.1) is 11.3 Å². The number of nitrogens with one attached hydrogen (secondary N) is 2. The first-order valence-corrected chi connectivity index (χ1v) is 8.88. The number of hydrogen-bond acceptors (Lipinski definition) is 4. The lowest BCUT2D eigenvalue weighted by molar-refractivity contribution is -0.113. The van der Waals surface area contributed by atoms with Gasteiger partial charge in [-0.2, -0.15) is 0 Å². The lowest BCUT2D eigenvalue weighted by Gasteiger charge is -2.00. The van der Waals surface area contributed by atoms with Gasteiger partial charge in [0.25, 0.3) is 0 Å². The summed E-state index contributed by atoms with van der Waals surface area (Å²) in [6.45, 7) is 9.06. The van der Waals surface area contributed by atoms with Crippen LogP contribution in [0, 0.1) is 6.92 Å². The smallest absolute Gasteiger partial charge is 0.211 e. The molecule has 0 aliphatic rings. The molecule has 0 unspecified atom stereocenters. The number of ketones is 1. The van der Waals surface area contributed by atoms with E-state index in [-0.39, 0.29) is 5.78 Å². The summed E-state index contributed by atoms with van der Waals surface area (Å²) < 4.78 is 0. The van der Waals surface area contributed by atoms with Crippen molar-refractivity contribution in [2.24, 2.45) is 0 Å². The minimum Gasteiger partial charge on any atom is -0.364 e. The highest BCUT2D eigenvalue weighted by molar-refractivity contribution is 7.11. The molecule has 0 radical (unpaired) electrons. The second-order valence-electron chi connectivity index (χ2n) is 5.64. The molecule has 2 heterocycles. The summed E-state index contributed by atoms with van der Waals surface area (Å²) in [6.07, 6.45) is 11.2. The quantitative estimate of drug-likeness (QED) is 0.416. The maximum absolute atomic E-state index is 11.7. The van der Waals surface area contributed by atoms with E-state index in [2.05, 4.69) is 16.9 Å². The molecule has 5 nitrogen and oxygen atoms in total. The largest absolute Gasteiger partial charge is 0.364 e. The van der Waals surface area contributed by atoms with Crippen LogP contribution in [-0.4, -0.2) is 22.2 Å². The van der Waals surface area contributed by atoms with E-state index in [0.29, 0.717) is 12.0 Å². The zero-order valence-corrected chi connectivity index (χ0v) is 15.8. The third-order valence-electron chi connectivity index (χ3n) is 3.73. The van der Waals surface area contributed by atoms with Gasteiger partial charge in [-0.3, -0.25) is 9.59 Å². The van der Waals surface area contributed by atoms with Gasteiger partial charge in [0.15, 0.2) is 5.78 Å². The lowest BCUT2D eigenvalue weighted by Crippen LogP contribution is -2.05. The monoisotopic (exact) mass is 367 g/mol. The molecule has 0 aliphatic carbocycles. The summed E-state index contributed by atoms with van der Waals surface area (Å²) >= 11 is 1.51. The fourth-order valence-electron chi connectivity index (χ4n) is 2.37. The standard InChI is InChI=1S/C20H21N3O2S/c1-5-6-7-17-14(3)22-10-18(17)19-11-26-20(23-19)13(2)8-16(15(4)25)9-21-12-24/h5-12,22H,1H2,2-4H3,(H,21,24)/b7-6-,13-8+,16-9+. The average molecular weight is 367 g/mol. The van der Waals surface area contributed by atoms with Gasteiger partial charge in [0.05, 0.1) is 5.69 Å². The molecule has 0 saturated carbocycles. The fraction of sp³-hybridized carbons (Fsp3) is 0.150. The first-order valence-electron chi connectivity index (χ1n) is 8.00.